The molecule has 0 bridgehead atoms. The highest BCUT2D eigenvalue weighted by Gasteiger charge is 2.33. The molecule has 2 N–H and O–H groups in total. The third-order valence-electron chi connectivity index (χ3n) is 3.77. The number of hydrogen-bond donors (Lipinski definition) is 1. The lowest BCUT2D eigenvalue weighted by molar-refractivity contribution is 0.0984. The number of alkyl halides is 1. The molecular weight excluding hydrogens is 211 g/mol. The number of rotatable bonds is 2. The van der Waals surface area contributed by atoms with E-state index in [4.69, 9.17) is 5.73 Å². The maximum atomic E-state index is 12.7. The van der Waals surface area contributed by atoms with E-state index in [1.54, 1.807) is 0 Å². The van der Waals surface area contributed by atoms with Crippen molar-refractivity contribution in [3.05, 3.63) is 0 Å². The summed E-state index contributed by atoms with van der Waals surface area (Å²) in [5.74, 6) is 2.58. The lowest BCUT2D eigenvalue weighted by Crippen LogP contribution is -2.54. The molecule has 0 aliphatic carbocycles. The molecule has 0 aromatic carbocycles. The van der Waals surface area contributed by atoms with Gasteiger partial charge in [-0.25, -0.2) is 4.39 Å². The summed E-state index contributed by atoms with van der Waals surface area (Å²) in [7, 11) is 0. The van der Waals surface area contributed by atoms with Gasteiger partial charge < -0.3 is 10.6 Å². The molecule has 15 heavy (non-hydrogen) atoms. The van der Waals surface area contributed by atoms with Gasteiger partial charge in [0.2, 0.25) is 0 Å². The van der Waals surface area contributed by atoms with Crippen molar-refractivity contribution in [1.82, 2.24) is 4.90 Å². The average Bonchev–Trinajstić information content (AvgIpc) is 2.31. The minimum Gasteiger partial charge on any atom is -0.323 e. The Morgan fingerprint density at radius 2 is 1.87 bits per heavy atom. The van der Waals surface area contributed by atoms with E-state index in [0.717, 1.165) is 32.0 Å². The Balaban J connectivity index is 1.82. The summed E-state index contributed by atoms with van der Waals surface area (Å²) in [6.45, 7) is 1.63. The van der Waals surface area contributed by atoms with Crippen LogP contribution in [0.4, 0.5) is 4.39 Å². The largest absolute Gasteiger partial charge is 0.323 e. The molecular formula is C11H21FN2S. The summed E-state index contributed by atoms with van der Waals surface area (Å²) in [5, 5.41) is 0. The van der Waals surface area contributed by atoms with Crippen LogP contribution in [0.5, 0.6) is 0 Å². The molecule has 0 spiro atoms. The van der Waals surface area contributed by atoms with E-state index < -0.39 is 5.54 Å². The van der Waals surface area contributed by atoms with Gasteiger partial charge in [0.25, 0.3) is 0 Å². The van der Waals surface area contributed by atoms with Crippen molar-refractivity contribution in [2.75, 3.05) is 31.3 Å². The van der Waals surface area contributed by atoms with Crippen LogP contribution in [-0.2, 0) is 0 Å². The summed E-state index contributed by atoms with van der Waals surface area (Å²) < 4.78 is 12.7. The molecule has 2 fully saturated rings. The van der Waals surface area contributed by atoms with Gasteiger partial charge in [0.05, 0.1) is 0 Å². The normalized spacial score (nSPS) is 29.2. The first-order valence-corrected chi connectivity index (χ1v) is 7.06. The van der Waals surface area contributed by atoms with E-state index in [1.807, 2.05) is 0 Å². The van der Waals surface area contributed by atoms with Gasteiger partial charge >= 0.3 is 0 Å². The summed E-state index contributed by atoms with van der Waals surface area (Å²) in [6.07, 6.45) is 4.26. The smallest absolute Gasteiger partial charge is 0.107 e. The molecule has 0 aromatic rings. The van der Waals surface area contributed by atoms with Crippen molar-refractivity contribution in [3.63, 3.8) is 0 Å². The molecule has 4 heteroatoms. The zero-order chi connectivity index (χ0) is 10.7. The highest BCUT2D eigenvalue weighted by molar-refractivity contribution is 7.99. The van der Waals surface area contributed by atoms with Gasteiger partial charge in [0, 0.05) is 24.7 Å². The second-order valence-electron chi connectivity index (χ2n) is 4.88. The highest BCUT2D eigenvalue weighted by atomic mass is 32.2. The fourth-order valence-electron chi connectivity index (χ4n) is 2.52. The molecule has 2 aliphatic rings. The van der Waals surface area contributed by atoms with E-state index in [9.17, 15) is 4.39 Å². The molecule has 2 nitrogen and oxygen atoms in total. The first kappa shape index (κ1) is 11.7. The molecule has 2 heterocycles. The highest BCUT2D eigenvalue weighted by Crippen LogP contribution is 2.27. The quantitative estimate of drug-likeness (QED) is 0.785. The lowest BCUT2D eigenvalue weighted by atomic mass is 9.89. The Morgan fingerprint density at radius 1 is 1.27 bits per heavy atom. The van der Waals surface area contributed by atoms with E-state index >= 15 is 0 Å². The van der Waals surface area contributed by atoms with Crippen molar-refractivity contribution < 1.29 is 4.39 Å². The number of hydrogen-bond acceptors (Lipinski definition) is 3. The van der Waals surface area contributed by atoms with Crippen LogP contribution >= 0.6 is 11.8 Å². The molecule has 0 saturated carbocycles. The van der Waals surface area contributed by atoms with Crippen molar-refractivity contribution in [2.24, 2.45) is 5.73 Å². The average molecular weight is 232 g/mol. The SMILES string of the molecule is NC1(CF)CCN(C2CCSCC2)CC1. The number of piperidine rings is 1. The van der Waals surface area contributed by atoms with E-state index in [1.165, 1.54) is 24.3 Å². The Labute approximate surface area is 95.8 Å². The third-order valence-corrected chi connectivity index (χ3v) is 4.82. The molecule has 0 atom stereocenters. The molecule has 0 amide bonds. The second-order valence-corrected chi connectivity index (χ2v) is 6.10. The topological polar surface area (TPSA) is 29.3 Å². The summed E-state index contributed by atoms with van der Waals surface area (Å²) in [4.78, 5) is 2.53. The zero-order valence-electron chi connectivity index (χ0n) is 9.25. The van der Waals surface area contributed by atoms with Gasteiger partial charge in [-0.2, -0.15) is 11.8 Å². The monoisotopic (exact) mass is 232 g/mol. The van der Waals surface area contributed by atoms with Gasteiger partial charge in [-0.05, 0) is 37.2 Å². The van der Waals surface area contributed by atoms with Crippen LogP contribution in [0.3, 0.4) is 0 Å². The number of halogens is 1. The molecule has 0 aromatic heterocycles. The number of nitrogens with zero attached hydrogens (tertiary/aromatic N) is 1. The van der Waals surface area contributed by atoms with Crippen LogP contribution < -0.4 is 5.73 Å². The summed E-state index contributed by atoms with van der Waals surface area (Å²) >= 11 is 2.06. The molecule has 0 unspecified atom stereocenters. The van der Waals surface area contributed by atoms with Crippen molar-refractivity contribution in [3.8, 4) is 0 Å². The zero-order valence-corrected chi connectivity index (χ0v) is 10.1. The third kappa shape index (κ3) is 2.86. The number of likely N-dealkylation sites (tertiary alicyclic amines) is 1. The predicted octanol–water partition coefficient (Wildman–Crippen LogP) is 1.64. The first-order valence-electron chi connectivity index (χ1n) is 5.90. The molecule has 2 aliphatic heterocycles. The Kier molecular flexibility index (Phi) is 3.91. The fraction of sp³-hybridized carbons (Fsp3) is 1.00. The van der Waals surface area contributed by atoms with Crippen molar-refractivity contribution in [1.29, 1.82) is 0 Å². The lowest BCUT2D eigenvalue weighted by Gasteiger charge is -2.42. The van der Waals surface area contributed by atoms with Gasteiger partial charge in [0.15, 0.2) is 0 Å². The standard InChI is InChI=1S/C11H21FN2S/c12-9-11(13)3-5-14(6-4-11)10-1-7-15-8-2-10/h10H,1-9,13H2. The minimum absolute atomic E-state index is 0.360. The summed E-state index contributed by atoms with van der Waals surface area (Å²) in [6, 6.07) is 0.746. The van der Waals surface area contributed by atoms with Crippen molar-refractivity contribution >= 4 is 11.8 Å². The van der Waals surface area contributed by atoms with Crippen LogP contribution in [0.25, 0.3) is 0 Å². The molecule has 0 radical (unpaired) electrons. The van der Waals surface area contributed by atoms with Gasteiger partial charge in [-0.1, -0.05) is 0 Å². The maximum Gasteiger partial charge on any atom is 0.107 e. The Morgan fingerprint density at radius 3 is 2.40 bits per heavy atom. The van der Waals surface area contributed by atoms with E-state index in [0.29, 0.717) is 0 Å². The summed E-state index contributed by atoms with van der Waals surface area (Å²) in [5.41, 5.74) is 5.43. The first-order chi connectivity index (χ1) is 7.23. The van der Waals surface area contributed by atoms with Gasteiger partial charge in [-0.15, -0.1) is 0 Å². The Bertz CT molecular complexity index is 199. The van der Waals surface area contributed by atoms with Gasteiger partial charge in [-0.3, -0.25) is 0 Å². The molecule has 2 rings (SSSR count). The van der Waals surface area contributed by atoms with Crippen LogP contribution in [0.15, 0.2) is 0 Å². The van der Waals surface area contributed by atoms with Crippen molar-refractivity contribution in [2.45, 2.75) is 37.3 Å². The van der Waals surface area contributed by atoms with Crippen LogP contribution in [0, 0.1) is 0 Å². The fourth-order valence-corrected chi connectivity index (χ4v) is 3.60. The maximum absolute atomic E-state index is 12.7. The Hall–Kier alpha value is 0.200. The van der Waals surface area contributed by atoms with E-state index in [2.05, 4.69) is 16.7 Å². The molecule has 2 saturated heterocycles. The van der Waals surface area contributed by atoms with Gasteiger partial charge in [0.1, 0.15) is 6.67 Å². The predicted molar refractivity (Wildman–Crippen MR) is 64.0 cm³/mol. The minimum atomic E-state index is -0.514. The number of thioether (sulfide) groups is 1. The van der Waals surface area contributed by atoms with Crippen LogP contribution in [0.1, 0.15) is 25.7 Å². The van der Waals surface area contributed by atoms with E-state index in [-0.39, 0.29) is 6.67 Å². The molecule has 88 valence electrons. The van der Waals surface area contributed by atoms with Crippen LogP contribution in [0.2, 0.25) is 0 Å². The number of nitrogens with two attached hydrogens (primary N) is 1. The second kappa shape index (κ2) is 5.02. The van der Waals surface area contributed by atoms with Crippen LogP contribution in [-0.4, -0.2) is 47.8 Å².